The Morgan fingerprint density at radius 3 is 2.33 bits per heavy atom. The molecule has 0 aliphatic rings. The van der Waals surface area contributed by atoms with Crippen molar-refractivity contribution in [3.05, 3.63) is 41.7 Å². The molecule has 0 bridgehead atoms. The third-order valence-electron chi connectivity index (χ3n) is 2.94. The highest BCUT2D eigenvalue weighted by Gasteiger charge is 2.08. The Bertz CT molecular complexity index is 530. The molecule has 0 saturated heterocycles. The van der Waals surface area contributed by atoms with Gasteiger partial charge in [-0.25, -0.2) is 9.97 Å². The number of nitrogens with two attached hydrogens (primary N) is 1. The van der Waals surface area contributed by atoms with Crippen molar-refractivity contribution in [2.75, 3.05) is 5.73 Å². The van der Waals surface area contributed by atoms with Gasteiger partial charge >= 0.3 is 0 Å². The van der Waals surface area contributed by atoms with Gasteiger partial charge in [0.1, 0.15) is 11.6 Å². The zero-order valence-corrected chi connectivity index (χ0v) is 11.1. The molecule has 0 aliphatic carbocycles. The van der Waals surface area contributed by atoms with Gasteiger partial charge in [-0.2, -0.15) is 0 Å². The van der Waals surface area contributed by atoms with Gasteiger partial charge in [0.2, 0.25) is 0 Å². The summed E-state index contributed by atoms with van der Waals surface area (Å²) in [6, 6.07) is 10.3. The smallest absolute Gasteiger partial charge is 0.133 e. The van der Waals surface area contributed by atoms with Crippen LogP contribution in [-0.2, 0) is 6.42 Å². The van der Waals surface area contributed by atoms with Gasteiger partial charge in [-0.05, 0) is 12.0 Å². The standard InChI is InChI=1S/C15H19N3/c1-4-11-5-7-12(8-6-11)13-9-14(16)18-15(17-13)10(2)3/h5-10H,4H2,1-3H3,(H2,16,17,18). The SMILES string of the molecule is CCc1ccc(-c2cc(N)nc(C(C)C)n2)cc1. The average Bonchev–Trinajstić information content (AvgIpc) is 2.38. The summed E-state index contributed by atoms with van der Waals surface area (Å²) in [6.45, 7) is 6.28. The van der Waals surface area contributed by atoms with Crippen LogP contribution in [0.25, 0.3) is 11.3 Å². The van der Waals surface area contributed by atoms with Crippen LogP contribution in [0.5, 0.6) is 0 Å². The van der Waals surface area contributed by atoms with Crippen LogP contribution in [0.1, 0.15) is 38.1 Å². The van der Waals surface area contributed by atoms with Crippen LogP contribution in [-0.4, -0.2) is 9.97 Å². The molecule has 0 amide bonds. The van der Waals surface area contributed by atoms with E-state index in [1.807, 2.05) is 6.07 Å². The quantitative estimate of drug-likeness (QED) is 0.895. The summed E-state index contributed by atoms with van der Waals surface area (Å²) < 4.78 is 0. The number of anilines is 1. The maximum absolute atomic E-state index is 5.84. The van der Waals surface area contributed by atoms with Crippen LogP contribution in [0.3, 0.4) is 0 Å². The first-order chi connectivity index (χ1) is 8.60. The van der Waals surface area contributed by atoms with Gasteiger partial charge in [-0.15, -0.1) is 0 Å². The van der Waals surface area contributed by atoms with Crippen molar-refractivity contribution in [3.63, 3.8) is 0 Å². The highest BCUT2D eigenvalue weighted by atomic mass is 14.9. The van der Waals surface area contributed by atoms with Crippen LogP contribution in [0.2, 0.25) is 0 Å². The minimum atomic E-state index is 0.280. The highest BCUT2D eigenvalue weighted by Crippen LogP contribution is 2.21. The maximum Gasteiger partial charge on any atom is 0.133 e. The van der Waals surface area contributed by atoms with E-state index in [-0.39, 0.29) is 5.92 Å². The van der Waals surface area contributed by atoms with Gasteiger partial charge in [0.05, 0.1) is 5.69 Å². The molecule has 0 aliphatic heterocycles. The van der Waals surface area contributed by atoms with Crippen LogP contribution < -0.4 is 5.73 Å². The lowest BCUT2D eigenvalue weighted by Crippen LogP contribution is -2.02. The second kappa shape index (κ2) is 5.17. The molecule has 0 radical (unpaired) electrons. The minimum Gasteiger partial charge on any atom is -0.384 e. The molecule has 2 aromatic rings. The number of hydrogen-bond donors (Lipinski definition) is 1. The third kappa shape index (κ3) is 2.67. The monoisotopic (exact) mass is 241 g/mol. The number of rotatable bonds is 3. The van der Waals surface area contributed by atoms with Crippen molar-refractivity contribution >= 4 is 5.82 Å². The fraction of sp³-hybridized carbons (Fsp3) is 0.333. The van der Waals surface area contributed by atoms with Gasteiger partial charge in [-0.1, -0.05) is 45.0 Å². The number of hydrogen-bond acceptors (Lipinski definition) is 3. The van der Waals surface area contributed by atoms with Gasteiger partial charge in [0.15, 0.2) is 0 Å². The highest BCUT2D eigenvalue weighted by molar-refractivity contribution is 5.62. The van der Waals surface area contributed by atoms with E-state index in [1.165, 1.54) is 5.56 Å². The van der Waals surface area contributed by atoms with E-state index in [0.29, 0.717) is 5.82 Å². The van der Waals surface area contributed by atoms with E-state index in [1.54, 1.807) is 0 Å². The second-order valence-electron chi connectivity index (χ2n) is 4.74. The largest absolute Gasteiger partial charge is 0.384 e. The topological polar surface area (TPSA) is 51.8 Å². The summed E-state index contributed by atoms with van der Waals surface area (Å²) in [4.78, 5) is 8.83. The van der Waals surface area contributed by atoms with E-state index < -0.39 is 0 Å². The Morgan fingerprint density at radius 2 is 1.78 bits per heavy atom. The van der Waals surface area contributed by atoms with Crippen molar-refractivity contribution in [2.45, 2.75) is 33.1 Å². The average molecular weight is 241 g/mol. The second-order valence-corrected chi connectivity index (χ2v) is 4.74. The first-order valence-electron chi connectivity index (χ1n) is 6.34. The molecule has 2 N–H and O–H groups in total. The normalized spacial score (nSPS) is 10.9. The van der Waals surface area contributed by atoms with E-state index in [9.17, 15) is 0 Å². The first kappa shape index (κ1) is 12.6. The van der Waals surface area contributed by atoms with E-state index >= 15 is 0 Å². The van der Waals surface area contributed by atoms with Crippen molar-refractivity contribution in [1.82, 2.24) is 9.97 Å². The summed E-state index contributed by atoms with van der Waals surface area (Å²) in [7, 11) is 0. The third-order valence-corrected chi connectivity index (χ3v) is 2.94. The molecule has 0 saturated carbocycles. The molecule has 3 heteroatoms. The van der Waals surface area contributed by atoms with Gasteiger partial charge in [-0.3, -0.25) is 0 Å². The van der Waals surface area contributed by atoms with Crippen molar-refractivity contribution in [3.8, 4) is 11.3 Å². The molecule has 1 aromatic heterocycles. The minimum absolute atomic E-state index is 0.280. The molecule has 0 unspecified atom stereocenters. The predicted molar refractivity (Wildman–Crippen MR) is 75.3 cm³/mol. The molecule has 1 aromatic carbocycles. The van der Waals surface area contributed by atoms with Crippen LogP contribution in [0.15, 0.2) is 30.3 Å². The zero-order valence-electron chi connectivity index (χ0n) is 11.1. The van der Waals surface area contributed by atoms with Crippen molar-refractivity contribution in [2.24, 2.45) is 0 Å². The summed E-state index contributed by atoms with van der Waals surface area (Å²) in [5, 5.41) is 0. The number of aryl methyl sites for hydroxylation is 1. The number of nitrogen functional groups attached to an aromatic ring is 1. The van der Waals surface area contributed by atoms with Crippen molar-refractivity contribution < 1.29 is 0 Å². The van der Waals surface area contributed by atoms with Crippen molar-refractivity contribution in [1.29, 1.82) is 0 Å². The Hall–Kier alpha value is -1.90. The molecule has 2 rings (SSSR count). The predicted octanol–water partition coefficient (Wildman–Crippen LogP) is 3.41. The summed E-state index contributed by atoms with van der Waals surface area (Å²) >= 11 is 0. The van der Waals surface area contributed by atoms with Gasteiger partial charge in [0.25, 0.3) is 0 Å². The van der Waals surface area contributed by atoms with Gasteiger partial charge in [0, 0.05) is 17.5 Å². The number of aromatic nitrogens is 2. The molecule has 0 fully saturated rings. The molecule has 18 heavy (non-hydrogen) atoms. The zero-order chi connectivity index (χ0) is 13.1. The lowest BCUT2D eigenvalue weighted by Gasteiger charge is -2.08. The fourth-order valence-corrected chi connectivity index (χ4v) is 1.80. The summed E-state index contributed by atoms with van der Waals surface area (Å²) in [6.07, 6.45) is 1.05. The summed E-state index contributed by atoms with van der Waals surface area (Å²) in [5.41, 5.74) is 9.15. The molecule has 0 atom stereocenters. The van der Waals surface area contributed by atoms with E-state index in [4.69, 9.17) is 5.73 Å². The van der Waals surface area contributed by atoms with E-state index in [2.05, 4.69) is 55.0 Å². The molecule has 1 heterocycles. The fourth-order valence-electron chi connectivity index (χ4n) is 1.80. The Labute approximate surface area is 108 Å². The lowest BCUT2D eigenvalue weighted by atomic mass is 10.1. The van der Waals surface area contributed by atoms with Crippen LogP contribution in [0, 0.1) is 0 Å². The molecular weight excluding hydrogens is 222 g/mol. The van der Waals surface area contributed by atoms with E-state index in [0.717, 1.165) is 23.5 Å². The Balaban J connectivity index is 2.42. The first-order valence-corrected chi connectivity index (χ1v) is 6.34. The number of nitrogens with zero attached hydrogens (tertiary/aromatic N) is 2. The van der Waals surface area contributed by atoms with Gasteiger partial charge < -0.3 is 5.73 Å². The lowest BCUT2D eigenvalue weighted by molar-refractivity contribution is 0.779. The molecule has 94 valence electrons. The molecular formula is C15H19N3. The number of benzene rings is 1. The van der Waals surface area contributed by atoms with Crippen LogP contribution >= 0.6 is 0 Å². The molecule has 3 nitrogen and oxygen atoms in total. The molecule has 0 spiro atoms. The Kier molecular flexibility index (Phi) is 3.60. The van der Waals surface area contributed by atoms with Crippen LogP contribution in [0.4, 0.5) is 5.82 Å². The summed E-state index contributed by atoms with van der Waals surface area (Å²) in [5.74, 6) is 1.61. The maximum atomic E-state index is 5.84. The Morgan fingerprint density at radius 1 is 1.11 bits per heavy atom.